The van der Waals surface area contributed by atoms with Crippen LogP contribution in [0.1, 0.15) is 12.2 Å². The van der Waals surface area contributed by atoms with Crippen molar-refractivity contribution < 1.29 is 4.74 Å². The molecule has 2 rings (SSSR count). The Bertz CT molecular complexity index is 637. The Morgan fingerprint density at radius 2 is 1.91 bits per heavy atom. The normalized spacial score (nSPS) is 10.5. The lowest BCUT2D eigenvalue weighted by atomic mass is 10.3. The van der Waals surface area contributed by atoms with Gasteiger partial charge in [-0.2, -0.15) is 0 Å². The van der Waals surface area contributed by atoms with Crippen molar-refractivity contribution in [1.82, 2.24) is 9.97 Å². The molecule has 0 amide bonds. The van der Waals surface area contributed by atoms with E-state index in [1.807, 2.05) is 13.0 Å². The molecule has 0 atom stereocenters. The van der Waals surface area contributed by atoms with Crippen LogP contribution in [0.3, 0.4) is 0 Å². The van der Waals surface area contributed by atoms with Crippen LogP contribution in [0.25, 0.3) is 0 Å². The molecule has 0 aliphatic heterocycles. The molecule has 0 aliphatic carbocycles. The van der Waals surface area contributed by atoms with Gasteiger partial charge in [0, 0.05) is 31.4 Å². The maximum absolute atomic E-state index is 6.15. The van der Waals surface area contributed by atoms with Crippen molar-refractivity contribution in [3.63, 3.8) is 0 Å². The SMILES string of the molecule is COCCCNc1cc(Nc2cc(Cl)ccc2Cl)nc(C)n1. The first-order valence-corrected chi connectivity index (χ1v) is 7.64. The third-order valence-corrected chi connectivity index (χ3v) is 3.43. The summed E-state index contributed by atoms with van der Waals surface area (Å²) in [7, 11) is 1.69. The Balaban J connectivity index is 2.10. The first kappa shape index (κ1) is 16.8. The van der Waals surface area contributed by atoms with Gasteiger partial charge in [-0.1, -0.05) is 23.2 Å². The van der Waals surface area contributed by atoms with Crippen LogP contribution in [-0.2, 0) is 4.74 Å². The summed E-state index contributed by atoms with van der Waals surface area (Å²) in [6.07, 6.45) is 0.905. The molecule has 0 saturated heterocycles. The van der Waals surface area contributed by atoms with Crippen molar-refractivity contribution in [3.8, 4) is 0 Å². The summed E-state index contributed by atoms with van der Waals surface area (Å²) in [5, 5.41) is 7.59. The standard InChI is InChI=1S/C15H18Cl2N4O/c1-10-19-14(18-6-3-7-22-2)9-15(20-10)21-13-8-11(16)4-5-12(13)17/h4-5,8-9H,3,6-7H2,1-2H3,(H2,18,19,20,21). The molecule has 0 aliphatic rings. The fourth-order valence-corrected chi connectivity index (χ4v) is 2.22. The zero-order chi connectivity index (χ0) is 15.9. The second-order valence-electron chi connectivity index (χ2n) is 4.71. The van der Waals surface area contributed by atoms with Gasteiger partial charge >= 0.3 is 0 Å². The van der Waals surface area contributed by atoms with E-state index in [1.165, 1.54) is 0 Å². The fraction of sp³-hybridized carbons (Fsp3) is 0.333. The van der Waals surface area contributed by atoms with Gasteiger partial charge in [-0.3, -0.25) is 0 Å². The van der Waals surface area contributed by atoms with Crippen LogP contribution >= 0.6 is 23.2 Å². The van der Waals surface area contributed by atoms with E-state index in [0.29, 0.717) is 34.0 Å². The van der Waals surface area contributed by atoms with Gasteiger partial charge in [-0.15, -0.1) is 0 Å². The molecule has 118 valence electrons. The maximum Gasteiger partial charge on any atom is 0.136 e. The molecule has 0 spiro atoms. The highest BCUT2D eigenvalue weighted by Crippen LogP contribution is 2.28. The zero-order valence-corrected chi connectivity index (χ0v) is 14.0. The van der Waals surface area contributed by atoms with Crippen LogP contribution in [0, 0.1) is 6.92 Å². The monoisotopic (exact) mass is 340 g/mol. The lowest BCUT2D eigenvalue weighted by Gasteiger charge is -2.11. The number of rotatable bonds is 7. The molecule has 0 bridgehead atoms. The summed E-state index contributed by atoms with van der Waals surface area (Å²) in [5.41, 5.74) is 0.706. The van der Waals surface area contributed by atoms with Crippen molar-refractivity contribution in [1.29, 1.82) is 0 Å². The fourth-order valence-electron chi connectivity index (χ4n) is 1.89. The Morgan fingerprint density at radius 1 is 1.14 bits per heavy atom. The van der Waals surface area contributed by atoms with E-state index >= 15 is 0 Å². The van der Waals surface area contributed by atoms with Crippen molar-refractivity contribution in [2.45, 2.75) is 13.3 Å². The number of methoxy groups -OCH3 is 1. The highest BCUT2D eigenvalue weighted by Gasteiger charge is 2.06. The van der Waals surface area contributed by atoms with Crippen molar-refractivity contribution >= 4 is 40.5 Å². The Kier molecular flexibility index (Phi) is 6.24. The molecule has 1 aromatic heterocycles. The highest BCUT2D eigenvalue weighted by molar-refractivity contribution is 6.35. The van der Waals surface area contributed by atoms with Gasteiger partial charge in [0.2, 0.25) is 0 Å². The smallest absolute Gasteiger partial charge is 0.136 e. The quantitative estimate of drug-likeness (QED) is 0.736. The van der Waals surface area contributed by atoms with Crippen molar-refractivity contribution in [3.05, 3.63) is 40.1 Å². The van der Waals surface area contributed by atoms with Gasteiger partial charge in [0.1, 0.15) is 17.5 Å². The van der Waals surface area contributed by atoms with Crippen LogP contribution in [-0.4, -0.2) is 30.2 Å². The molecule has 5 nitrogen and oxygen atoms in total. The average Bonchev–Trinajstić information content (AvgIpc) is 2.47. The Hall–Kier alpha value is -1.56. The summed E-state index contributed by atoms with van der Waals surface area (Å²) in [6.45, 7) is 3.33. The summed E-state index contributed by atoms with van der Waals surface area (Å²) in [6, 6.07) is 7.07. The number of anilines is 3. The molecule has 2 N–H and O–H groups in total. The largest absolute Gasteiger partial charge is 0.385 e. The van der Waals surface area contributed by atoms with E-state index in [9.17, 15) is 0 Å². The second-order valence-corrected chi connectivity index (χ2v) is 5.55. The van der Waals surface area contributed by atoms with Crippen LogP contribution < -0.4 is 10.6 Å². The molecule has 2 aromatic rings. The van der Waals surface area contributed by atoms with Gasteiger partial charge in [-0.05, 0) is 31.5 Å². The molecule has 22 heavy (non-hydrogen) atoms. The van der Waals surface area contributed by atoms with E-state index < -0.39 is 0 Å². The number of hydrogen-bond acceptors (Lipinski definition) is 5. The van der Waals surface area contributed by atoms with Crippen LogP contribution in [0.5, 0.6) is 0 Å². The number of nitrogens with zero attached hydrogens (tertiary/aromatic N) is 2. The summed E-state index contributed by atoms with van der Waals surface area (Å²) in [5.74, 6) is 2.08. The molecule has 0 saturated carbocycles. The number of halogens is 2. The molecule has 1 heterocycles. The van der Waals surface area contributed by atoms with Crippen LogP contribution in [0.15, 0.2) is 24.3 Å². The number of aryl methyl sites for hydroxylation is 1. The van der Waals surface area contributed by atoms with Gasteiger partial charge in [0.15, 0.2) is 0 Å². The molecular formula is C15H18Cl2N4O. The lowest BCUT2D eigenvalue weighted by molar-refractivity contribution is 0.198. The van der Waals surface area contributed by atoms with Crippen molar-refractivity contribution in [2.75, 3.05) is 30.9 Å². The number of nitrogens with one attached hydrogen (secondary N) is 2. The molecule has 7 heteroatoms. The van der Waals surface area contributed by atoms with Gasteiger partial charge in [0.25, 0.3) is 0 Å². The zero-order valence-electron chi connectivity index (χ0n) is 12.5. The molecule has 0 radical (unpaired) electrons. The minimum absolute atomic E-state index is 0.579. The third-order valence-electron chi connectivity index (χ3n) is 2.86. The lowest BCUT2D eigenvalue weighted by Crippen LogP contribution is -2.08. The van der Waals surface area contributed by atoms with E-state index in [-0.39, 0.29) is 0 Å². The first-order valence-electron chi connectivity index (χ1n) is 6.89. The second kappa shape index (κ2) is 8.17. The van der Waals surface area contributed by atoms with Crippen LogP contribution in [0.4, 0.5) is 17.3 Å². The summed E-state index contributed by atoms with van der Waals surface area (Å²) < 4.78 is 5.02. The summed E-state index contributed by atoms with van der Waals surface area (Å²) >= 11 is 12.1. The number of benzene rings is 1. The highest BCUT2D eigenvalue weighted by atomic mass is 35.5. The topological polar surface area (TPSA) is 59.1 Å². The van der Waals surface area contributed by atoms with Gasteiger partial charge in [-0.25, -0.2) is 9.97 Å². The average molecular weight is 341 g/mol. The molecule has 0 unspecified atom stereocenters. The Labute approximate surface area is 140 Å². The molecule has 0 fully saturated rings. The summed E-state index contributed by atoms with van der Waals surface area (Å²) in [4.78, 5) is 8.71. The third kappa shape index (κ3) is 5.02. The molecular weight excluding hydrogens is 323 g/mol. The van der Waals surface area contributed by atoms with Crippen molar-refractivity contribution in [2.24, 2.45) is 0 Å². The number of aromatic nitrogens is 2. The minimum Gasteiger partial charge on any atom is -0.385 e. The molecule has 1 aromatic carbocycles. The van der Waals surface area contributed by atoms with Crippen LogP contribution in [0.2, 0.25) is 10.0 Å². The first-order chi connectivity index (χ1) is 10.6. The number of hydrogen-bond donors (Lipinski definition) is 2. The number of ether oxygens (including phenoxy) is 1. The predicted molar refractivity (Wildman–Crippen MR) is 91.5 cm³/mol. The van der Waals surface area contributed by atoms with E-state index in [4.69, 9.17) is 27.9 Å². The van der Waals surface area contributed by atoms with E-state index in [0.717, 1.165) is 18.8 Å². The van der Waals surface area contributed by atoms with E-state index in [1.54, 1.807) is 25.3 Å². The predicted octanol–water partition coefficient (Wildman–Crippen LogP) is 4.28. The minimum atomic E-state index is 0.579. The van der Waals surface area contributed by atoms with Gasteiger partial charge < -0.3 is 15.4 Å². The maximum atomic E-state index is 6.15. The Morgan fingerprint density at radius 3 is 2.68 bits per heavy atom. The van der Waals surface area contributed by atoms with Gasteiger partial charge in [0.05, 0.1) is 10.7 Å². The van der Waals surface area contributed by atoms with E-state index in [2.05, 4.69) is 20.6 Å².